The summed E-state index contributed by atoms with van der Waals surface area (Å²) in [6.45, 7) is 3.05. The van der Waals surface area contributed by atoms with Crippen LogP contribution in [0.3, 0.4) is 0 Å². The van der Waals surface area contributed by atoms with Crippen LogP contribution in [0.15, 0.2) is 73.1 Å². The van der Waals surface area contributed by atoms with Crippen LogP contribution in [0.5, 0.6) is 0 Å². The summed E-state index contributed by atoms with van der Waals surface area (Å²) in [6.07, 6.45) is 5.34. The maximum atomic E-state index is 12.9. The molecule has 0 amide bonds. The molecule has 0 fully saturated rings. The smallest absolute Gasteiger partial charge is 0.336 e. The Kier molecular flexibility index (Phi) is 6.75. The lowest BCUT2D eigenvalue weighted by atomic mass is 10.1. The highest BCUT2D eigenvalue weighted by Crippen LogP contribution is 2.18. The van der Waals surface area contributed by atoms with Crippen LogP contribution in [0.25, 0.3) is 0 Å². The predicted octanol–water partition coefficient (Wildman–Crippen LogP) is 5.26. The van der Waals surface area contributed by atoms with E-state index in [-0.39, 0.29) is 11.3 Å². The third kappa shape index (κ3) is 5.41. The Morgan fingerprint density at radius 1 is 1.03 bits per heavy atom. The first-order valence-corrected chi connectivity index (χ1v) is 11.1. The number of halogens is 1. The lowest BCUT2D eigenvalue weighted by Gasteiger charge is -2.09. The van der Waals surface area contributed by atoms with Gasteiger partial charge in [0.05, 0.1) is 23.5 Å². The van der Waals surface area contributed by atoms with Crippen molar-refractivity contribution in [3.8, 4) is 0 Å². The van der Waals surface area contributed by atoms with E-state index in [2.05, 4.69) is 5.10 Å². The first-order chi connectivity index (χ1) is 15.9. The third-order valence-corrected chi connectivity index (χ3v) is 5.77. The first-order valence-electron chi connectivity index (χ1n) is 10.7. The number of carbonyl (C=O) groups excluding carboxylic acids is 1. The molecule has 6 nitrogen and oxygen atoms in total. The minimum absolute atomic E-state index is 0.0153. The number of hydrogen-bond donors (Lipinski definition) is 1. The molecule has 0 aliphatic heterocycles. The molecule has 0 radical (unpaired) electrons. The van der Waals surface area contributed by atoms with Crippen LogP contribution in [0.4, 0.5) is 0 Å². The molecule has 0 atom stereocenters. The molecule has 33 heavy (non-hydrogen) atoms. The fourth-order valence-electron chi connectivity index (χ4n) is 3.78. The van der Waals surface area contributed by atoms with Crippen molar-refractivity contribution in [2.45, 2.75) is 32.9 Å². The quantitative estimate of drug-likeness (QED) is 0.345. The lowest BCUT2D eigenvalue weighted by molar-refractivity contribution is 0.0695. The third-order valence-electron chi connectivity index (χ3n) is 5.54. The molecule has 4 aromatic rings. The molecule has 0 aliphatic carbocycles. The number of hydrogen-bond acceptors (Lipinski definition) is 3. The van der Waals surface area contributed by atoms with Crippen LogP contribution in [0.1, 0.15) is 49.7 Å². The van der Waals surface area contributed by atoms with Crippen molar-refractivity contribution in [2.24, 2.45) is 0 Å². The Morgan fingerprint density at radius 3 is 2.58 bits per heavy atom. The van der Waals surface area contributed by atoms with Crippen molar-refractivity contribution in [1.82, 2.24) is 14.3 Å². The van der Waals surface area contributed by atoms with E-state index in [1.807, 2.05) is 66.3 Å². The summed E-state index contributed by atoms with van der Waals surface area (Å²) < 4.78 is 3.71. The van der Waals surface area contributed by atoms with Gasteiger partial charge >= 0.3 is 5.97 Å². The second kappa shape index (κ2) is 9.88. The van der Waals surface area contributed by atoms with Crippen LogP contribution in [0.2, 0.25) is 5.02 Å². The fraction of sp³-hybridized carbons (Fsp3) is 0.192. The fourth-order valence-corrected chi connectivity index (χ4v) is 3.96. The van der Waals surface area contributed by atoms with Gasteiger partial charge in [0.15, 0.2) is 0 Å². The van der Waals surface area contributed by atoms with Gasteiger partial charge in [-0.05, 0) is 55.7 Å². The Labute approximate surface area is 197 Å². The summed E-state index contributed by atoms with van der Waals surface area (Å²) in [5.74, 6) is -0.996. The number of aromatic carboxylic acids is 1. The molecule has 0 unspecified atom stereocenters. The van der Waals surface area contributed by atoms with E-state index in [4.69, 9.17) is 11.6 Å². The van der Waals surface area contributed by atoms with Gasteiger partial charge in [-0.1, -0.05) is 47.5 Å². The number of rotatable bonds is 9. The number of carboxylic acids is 1. The van der Waals surface area contributed by atoms with E-state index in [0.717, 1.165) is 24.1 Å². The molecule has 7 heteroatoms. The molecule has 2 heterocycles. The Morgan fingerprint density at radius 2 is 1.82 bits per heavy atom. The molecule has 0 bridgehead atoms. The normalized spacial score (nSPS) is 11.0. The highest BCUT2D eigenvalue weighted by molar-refractivity contribution is 6.31. The minimum Gasteiger partial charge on any atom is -0.478 e. The number of carboxylic acid groups (broad SMARTS) is 1. The van der Waals surface area contributed by atoms with E-state index in [1.54, 1.807) is 16.8 Å². The maximum Gasteiger partial charge on any atom is 0.336 e. The average molecular weight is 462 g/mol. The van der Waals surface area contributed by atoms with Gasteiger partial charge < -0.3 is 9.67 Å². The second-order valence-electron chi connectivity index (χ2n) is 8.00. The van der Waals surface area contributed by atoms with Gasteiger partial charge in [0.2, 0.25) is 5.78 Å². The topological polar surface area (TPSA) is 77.1 Å². The van der Waals surface area contributed by atoms with Crippen molar-refractivity contribution in [3.63, 3.8) is 0 Å². The van der Waals surface area contributed by atoms with Gasteiger partial charge in [-0.15, -0.1) is 0 Å². The van der Waals surface area contributed by atoms with Crippen LogP contribution in [-0.4, -0.2) is 31.2 Å². The molecule has 2 aromatic carbocycles. The SMILES string of the molecule is Cc1ccc(C(=O)c2cccn2CCCc2ccn(Cc3ccc(Cl)cc3C(=O)O)n2)cc1. The van der Waals surface area contributed by atoms with Crippen molar-refractivity contribution in [3.05, 3.63) is 112 Å². The van der Waals surface area contributed by atoms with Crippen molar-refractivity contribution < 1.29 is 14.7 Å². The molecule has 168 valence electrons. The molecule has 0 saturated heterocycles. The Balaban J connectivity index is 1.37. The number of nitrogens with zero attached hydrogens (tertiary/aromatic N) is 3. The van der Waals surface area contributed by atoms with Gasteiger partial charge in [0.1, 0.15) is 0 Å². The highest BCUT2D eigenvalue weighted by atomic mass is 35.5. The number of aryl methyl sites for hydroxylation is 3. The Bertz CT molecular complexity index is 1290. The first kappa shape index (κ1) is 22.6. The van der Waals surface area contributed by atoms with Gasteiger partial charge in [-0.3, -0.25) is 9.48 Å². The largest absolute Gasteiger partial charge is 0.478 e. The van der Waals surface area contributed by atoms with E-state index >= 15 is 0 Å². The predicted molar refractivity (Wildman–Crippen MR) is 127 cm³/mol. The van der Waals surface area contributed by atoms with E-state index < -0.39 is 5.97 Å². The summed E-state index contributed by atoms with van der Waals surface area (Å²) >= 11 is 5.93. The number of ketones is 1. The highest BCUT2D eigenvalue weighted by Gasteiger charge is 2.14. The summed E-state index contributed by atoms with van der Waals surface area (Å²) in [5.41, 5.74) is 4.22. The molecule has 2 aromatic heterocycles. The number of benzene rings is 2. The molecule has 0 spiro atoms. The van der Waals surface area contributed by atoms with Gasteiger partial charge in [-0.2, -0.15) is 5.10 Å². The zero-order valence-corrected chi connectivity index (χ0v) is 19.0. The zero-order chi connectivity index (χ0) is 23.4. The van der Waals surface area contributed by atoms with Gasteiger partial charge in [-0.25, -0.2) is 4.79 Å². The second-order valence-corrected chi connectivity index (χ2v) is 8.43. The monoisotopic (exact) mass is 461 g/mol. The van der Waals surface area contributed by atoms with Crippen molar-refractivity contribution in [2.75, 3.05) is 0 Å². The molecule has 1 N–H and O–H groups in total. The summed E-state index contributed by atoms with van der Waals surface area (Å²) in [7, 11) is 0. The average Bonchev–Trinajstić information content (AvgIpc) is 3.44. The Hall–Kier alpha value is -3.64. The molecular weight excluding hydrogens is 438 g/mol. The molecule has 0 aliphatic rings. The van der Waals surface area contributed by atoms with Crippen LogP contribution in [-0.2, 0) is 19.5 Å². The summed E-state index contributed by atoms with van der Waals surface area (Å²) in [4.78, 5) is 24.3. The summed E-state index contributed by atoms with van der Waals surface area (Å²) in [6, 6.07) is 18.1. The van der Waals surface area contributed by atoms with Crippen LogP contribution >= 0.6 is 11.6 Å². The van der Waals surface area contributed by atoms with E-state index in [9.17, 15) is 14.7 Å². The standard InChI is InChI=1S/C26H24ClN3O3/c1-18-6-8-19(9-7-18)25(31)24-5-3-14-29(24)13-2-4-22-12-15-30(28-22)17-20-10-11-21(27)16-23(20)26(32)33/h3,5-12,14-16H,2,4,13,17H2,1H3,(H,32,33). The van der Waals surface area contributed by atoms with Crippen molar-refractivity contribution in [1.29, 1.82) is 0 Å². The minimum atomic E-state index is -1.01. The van der Waals surface area contributed by atoms with E-state index in [1.165, 1.54) is 6.07 Å². The molecule has 0 saturated carbocycles. The summed E-state index contributed by atoms with van der Waals surface area (Å²) in [5, 5.41) is 14.4. The van der Waals surface area contributed by atoms with Gasteiger partial charge in [0.25, 0.3) is 0 Å². The number of aromatic nitrogens is 3. The molecule has 4 rings (SSSR count). The maximum absolute atomic E-state index is 12.9. The van der Waals surface area contributed by atoms with Crippen LogP contribution in [0, 0.1) is 6.92 Å². The van der Waals surface area contributed by atoms with Gasteiger partial charge in [0, 0.05) is 29.5 Å². The zero-order valence-electron chi connectivity index (χ0n) is 18.2. The number of carbonyl (C=O) groups is 2. The van der Waals surface area contributed by atoms with Crippen molar-refractivity contribution >= 4 is 23.4 Å². The van der Waals surface area contributed by atoms with E-state index in [0.29, 0.717) is 34.9 Å². The molecular formula is C26H24ClN3O3. The van der Waals surface area contributed by atoms with Crippen LogP contribution < -0.4 is 0 Å². The lowest BCUT2D eigenvalue weighted by Crippen LogP contribution is -2.10.